The highest BCUT2D eigenvalue weighted by atomic mass is 32.2. The van der Waals surface area contributed by atoms with Gasteiger partial charge in [0.25, 0.3) is 0 Å². The molecule has 4 nitrogen and oxygen atoms in total. The molecule has 1 fully saturated rings. The zero-order valence-electron chi connectivity index (χ0n) is 11.0. The molecule has 0 aromatic carbocycles. The first-order chi connectivity index (χ1) is 8.07. The highest BCUT2D eigenvalue weighted by Crippen LogP contribution is 2.23. The van der Waals surface area contributed by atoms with Gasteiger partial charge < -0.3 is 15.4 Å². The Bertz CT molecular complexity index is 243. The Kier molecular flexibility index (Phi) is 6.30. The van der Waals surface area contributed by atoms with Crippen LogP contribution in [-0.2, 0) is 9.53 Å². The van der Waals surface area contributed by atoms with Crippen LogP contribution in [0.3, 0.4) is 0 Å². The molecule has 5 heteroatoms. The fraction of sp³-hybridized carbons (Fsp3) is 0.917. The Morgan fingerprint density at radius 3 is 2.76 bits per heavy atom. The van der Waals surface area contributed by atoms with Crippen molar-refractivity contribution in [2.45, 2.75) is 32.4 Å². The Morgan fingerprint density at radius 2 is 2.29 bits per heavy atom. The highest BCUT2D eigenvalue weighted by molar-refractivity contribution is 7.99. The van der Waals surface area contributed by atoms with Gasteiger partial charge in [-0.15, -0.1) is 0 Å². The van der Waals surface area contributed by atoms with E-state index in [0.29, 0.717) is 19.2 Å². The lowest BCUT2D eigenvalue weighted by Crippen LogP contribution is -2.51. The molecule has 17 heavy (non-hydrogen) atoms. The van der Waals surface area contributed by atoms with Crippen molar-refractivity contribution in [3.63, 3.8) is 0 Å². The van der Waals surface area contributed by atoms with Gasteiger partial charge in [0, 0.05) is 25.4 Å². The smallest absolute Gasteiger partial charge is 0.240 e. The molecule has 0 bridgehead atoms. The molecule has 0 spiro atoms. The second-order valence-electron chi connectivity index (χ2n) is 4.81. The molecule has 0 radical (unpaired) electrons. The number of methoxy groups -OCH3 is 1. The van der Waals surface area contributed by atoms with Crippen molar-refractivity contribution >= 4 is 17.7 Å². The summed E-state index contributed by atoms with van der Waals surface area (Å²) < 4.78 is 5.08. The number of hydrogen-bond donors (Lipinski definition) is 1. The van der Waals surface area contributed by atoms with Crippen molar-refractivity contribution in [1.82, 2.24) is 4.90 Å². The van der Waals surface area contributed by atoms with E-state index in [1.54, 1.807) is 7.11 Å². The minimum absolute atomic E-state index is 0.0737. The lowest BCUT2D eigenvalue weighted by molar-refractivity contribution is -0.136. The molecule has 0 aromatic rings. The second-order valence-corrected chi connectivity index (χ2v) is 5.96. The number of nitrogens with zero attached hydrogens (tertiary/aromatic N) is 1. The Hall–Kier alpha value is -0.260. The number of carbonyl (C=O) groups excluding carboxylic acids is 1. The summed E-state index contributed by atoms with van der Waals surface area (Å²) in [5.74, 6) is 2.42. The fourth-order valence-electron chi connectivity index (χ4n) is 1.91. The van der Waals surface area contributed by atoms with Crippen LogP contribution in [0.1, 0.15) is 20.3 Å². The third kappa shape index (κ3) is 4.16. The summed E-state index contributed by atoms with van der Waals surface area (Å²) >= 11 is 1.91. The van der Waals surface area contributed by atoms with Crippen LogP contribution < -0.4 is 5.73 Å². The summed E-state index contributed by atoms with van der Waals surface area (Å²) in [7, 11) is 1.66. The van der Waals surface area contributed by atoms with Crippen molar-refractivity contribution in [3.8, 4) is 0 Å². The Balaban J connectivity index is 2.63. The van der Waals surface area contributed by atoms with Crippen molar-refractivity contribution in [2.24, 2.45) is 11.7 Å². The summed E-state index contributed by atoms with van der Waals surface area (Å²) in [5, 5.41) is 0. The topological polar surface area (TPSA) is 55.6 Å². The number of thioether (sulfide) groups is 1. The van der Waals surface area contributed by atoms with Gasteiger partial charge in [0.05, 0.1) is 12.6 Å². The third-order valence-electron chi connectivity index (χ3n) is 3.17. The first-order valence-electron chi connectivity index (χ1n) is 6.20. The van der Waals surface area contributed by atoms with Gasteiger partial charge in [-0.1, -0.05) is 13.8 Å². The summed E-state index contributed by atoms with van der Waals surface area (Å²) in [6.07, 6.45) is 1.07. The number of rotatable bonds is 6. The van der Waals surface area contributed by atoms with Crippen LogP contribution in [-0.4, -0.2) is 54.7 Å². The van der Waals surface area contributed by atoms with Gasteiger partial charge in [-0.25, -0.2) is 0 Å². The van der Waals surface area contributed by atoms with Gasteiger partial charge in [0.15, 0.2) is 0 Å². The maximum atomic E-state index is 12.3. The quantitative estimate of drug-likeness (QED) is 0.772. The predicted octanol–water partition coefficient (Wildman–Crippen LogP) is 0.950. The van der Waals surface area contributed by atoms with E-state index in [1.807, 2.05) is 30.5 Å². The molecule has 2 atom stereocenters. The number of ether oxygens (including phenoxy) is 1. The lowest BCUT2D eigenvalue weighted by atomic mass is 10.0. The zero-order valence-corrected chi connectivity index (χ0v) is 11.8. The van der Waals surface area contributed by atoms with E-state index >= 15 is 0 Å². The minimum Gasteiger partial charge on any atom is -0.383 e. The molecule has 1 amide bonds. The van der Waals surface area contributed by atoms with Gasteiger partial charge in [-0.2, -0.15) is 11.8 Å². The molecule has 1 unspecified atom stereocenters. The molecule has 0 saturated carbocycles. The summed E-state index contributed by atoms with van der Waals surface area (Å²) in [6, 6.07) is -0.0510. The maximum Gasteiger partial charge on any atom is 0.240 e. The van der Waals surface area contributed by atoms with Gasteiger partial charge >= 0.3 is 0 Å². The molecule has 0 aliphatic carbocycles. The monoisotopic (exact) mass is 260 g/mol. The average molecular weight is 260 g/mol. The largest absolute Gasteiger partial charge is 0.383 e. The molecular formula is C12H24N2O2S. The fourth-order valence-corrected chi connectivity index (χ4v) is 3.13. The number of carbonyl (C=O) groups is 1. The third-order valence-corrected chi connectivity index (χ3v) is 4.31. The van der Waals surface area contributed by atoms with E-state index < -0.39 is 6.04 Å². The highest BCUT2D eigenvalue weighted by Gasteiger charge is 2.30. The van der Waals surface area contributed by atoms with Crippen LogP contribution in [0, 0.1) is 5.92 Å². The van der Waals surface area contributed by atoms with Crippen molar-refractivity contribution in [1.29, 1.82) is 0 Å². The number of hydrogen-bond acceptors (Lipinski definition) is 4. The SMILES string of the molecule is COCCN(C(=O)[C@H](N)C(C)C)C1CCSC1. The van der Waals surface area contributed by atoms with E-state index in [0.717, 1.165) is 17.9 Å². The van der Waals surface area contributed by atoms with E-state index in [2.05, 4.69) is 0 Å². The van der Waals surface area contributed by atoms with Crippen LogP contribution in [0.25, 0.3) is 0 Å². The molecule has 100 valence electrons. The Labute approximate surface area is 108 Å². The van der Waals surface area contributed by atoms with E-state index in [4.69, 9.17) is 10.5 Å². The summed E-state index contributed by atoms with van der Waals surface area (Å²) in [4.78, 5) is 14.2. The summed E-state index contributed by atoms with van der Waals surface area (Å²) in [6.45, 7) is 5.21. The molecule has 1 aliphatic heterocycles. The van der Waals surface area contributed by atoms with E-state index in [1.165, 1.54) is 0 Å². The number of amides is 1. The van der Waals surface area contributed by atoms with Crippen molar-refractivity contribution < 1.29 is 9.53 Å². The van der Waals surface area contributed by atoms with Crippen molar-refractivity contribution in [3.05, 3.63) is 0 Å². The van der Waals surface area contributed by atoms with Crippen molar-refractivity contribution in [2.75, 3.05) is 31.8 Å². The molecule has 1 aliphatic rings. The predicted molar refractivity (Wildman–Crippen MR) is 72.1 cm³/mol. The molecule has 1 heterocycles. The van der Waals surface area contributed by atoms with Crippen LogP contribution in [0.5, 0.6) is 0 Å². The summed E-state index contributed by atoms with van der Waals surface area (Å²) in [5.41, 5.74) is 5.96. The van der Waals surface area contributed by atoms with Crippen LogP contribution in [0.15, 0.2) is 0 Å². The standard InChI is InChI=1S/C12H24N2O2S/c1-9(2)11(13)12(15)14(5-6-16-3)10-4-7-17-8-10/h9-11H,4-8,13H2,1-3H3/t10?,11-/m1/s1. The van der Waals surface area contributed by atoms with Gasteiger partial charge in [-0.05, 0) is 18.1 Å². The number of nitrogens with two attached hydrogens (primary N) is 1. The molecular weight excluding hydrogens is 236 g/mol. The molecule has 0 aromatic heterocycles. The van der Waals surface area contributed by atoms with Crippen LogP contribution >= 0.6 is 11.8 Å². The van der Waals surface area contributed by atoms with E-state index in [-0.39, 0.29) is 11.8 Å². The first kappa shape index (κ1) is 14.8. The maximum absolute atomic E-state index is 12.3. The first-order valence-corrected chi connectivity index (χ1v) is 7.36. The van der Waals surface area contributed by atoms with E-state index in [9.17, 15) is 4.79 Å². The second kappa shape index (κ2) is 7.24. The lowest BCUT2D eigenvalue weighted by Gasteiger charge is -2.31. The molecule has 1 saturated heterocycles. The molecule has 2 N–H and O–H groups in total. The van der Waals surface area contributed by atoms with Gasteiger partial charge in [0.1, 0.15) is 0 Å². The van der Waals surface area contributed by atoms with Crippen LogP contribution in [0.2, 0.25) is 0 Å². The minimum atomic E-state index is -0.391. The van der Waals surface area contributed by atoms with Crippen LogP contribution in [0.4, 0.5) is 0 Å². The van der Waals surface area contributed by atoms with Gasteiger partial charge in [-0.3, -0.25) is 4.79 Å². The zero-order chi connectivity index (χ0) is 12.8. The molecule has 1 rings (SSSR count). The van der Waals surface area contributed by atoms with Gasteiger partial charge in [0.2, 0.25) is 5.91 Å². The Morgan fingerprint density at radius 1 is 1.59 bits per heavy atom. The average Bonchev–Trinajstić information content (AvgIpc) is 2.81. The normalized spacial score (nSPS) is 21.8.